The molecule has 1 aromatic heterocycles. The van der Waals surface area contributed by atoms with E-state index in [2.05, 4.69) is 31.1 Å². The topological polar surface area (TPSA) is 77.2 Å². The third-order valence-corrected chi connectivity index (χ3v) is 3.55. The van der Waals surface area contributed by atoms with Crippen molar-refractivity contribution in [3.8, 4) is 5.75 Å². The highest BCUT2D eigenvalue weighted by Crippen LogP contribution is 2.26. The first-order valence-electron chi connectivity index (χ1n) is 6.59. The molecule has 2 aromatic rings. The number of nitrogen functional groups attached to an aromatic ring is 1. The zero-order chi connectivity index (χ0) is 15.5. The third-order valence-electron chi connectivity index (χ3n) is 2.80. The molecule has 0 unspecified atom stereocenters. The van der Waals surface area contributed by atoms with Gasteiger partial charge < -0.3 is 10.5 Å². The number of rotatable bonds is 4. The van der Waals surface area contributed by atoms with Gasteiger partial charge in [-0.05, 0) is 12.1 Å². The summed E-state index contributed by atoms with van der Waals surface area (Å²) in [4.78, 5) is 16.2. The molecule has 112 valence electrons. The predicted octanol–water partition coefficient (Wildman–Crippen LogP) is 3.04. The Morgan fingerprint density at radius 1 is 1.38 bits per heavy atom. The van der Waals surface area contributed by atoms with Gasteiger partial charge in [-0.25, -0.2) is 4.98 Å². The molecule has 6 heteroatoms. The highest BCUT2D eigenvalue weighted by atomic mass is 32.1. The van der Waals surface area contributed by atoms with E-state index < -0.39 is 0 Å². The number of nitrogens with one attached hydrogen (secondary N) is 1. The molecule has 1 aromatic carbocycles. The summed E-state index contributed by atoms with van der Waals surface area (Å²) in [5.74, 6) is 0.246. The number of benzene rings is 1. The van der Waals surface area contributed by atoms with Crippen molar-refractivity contribution in [2.45, 2.75) is 26.2 Å². The number of ether oxygens (including phenoxy) is 1. The van der Waals surface area contributed by atoms with Crippen LogP contribution in [-0.4, -0.2) is 17.5 Å². The summed E-state index contributed by atoms with van der Waals surface area (Å²) in [5, 5.41) is 5.26. The number of anilines is 2. The highest BCUT2D eigenvalue weighted by molar-refractivity contribution is 7.13. The number of amides is 1. The van der Waals surface area contributed by atoms with Crippen molar-refractivity contribution < 1.29 is 9.53 Å². The molecule has 3 N–H and O–H groups in total. The fourth-order valence-electron chi connectivity index (χ4n) is 1.59. The van der Waals surface area contributed by atoms with Crippen LogP contribution in [0.1, 0.15) is 26.5 Å². The molecule has 1 heterocycles. The number of carbonyl (C=O) groups is 1. The van der Waals surface area contributed by atoms with Crippen molar-refractivity contribution in [3.63, 3.8) is 0 Å². The number of aromatic nitrogens is 1. The van der Waals surface area contributed by atoms with Crippen molar-refractivity contribution in [3.05, 3.63) is 35.3 Å². The summed E-state index contributed by atoms with van der Waals surface area (Å²) in [6.45, 7) is 6.14. The van der Waals surface area contributed by atoms with Gasteiger partial charge in [-0.15, -0.1) is 11.3 Å². The van der Waals surface area contributed by atoms with Crippen LogP contribution in [0.25, 0.3) is 0 Å². The van der Waals surface area contributed by atoms with E-state index in [1.54, 1.807) is 18.2 Å². The number of carbonyl (C=O) groups excluding carboxylic acids is 1. The van der Waals surface area contributed by atoms with Gasteiger partial charge in [0.2, 0.25) is 0 Å². The van der Waals surface area contributed by atoms with Crippen LogP contribution in [0.4, 0.5) is 10.8 Å². The first-order valence-corrected chi connectivity index (χ1v) is 7.47. The lowest BCUT2D eigenvalue weighted by Crippen LogP contribution is -2.20. The van der Waals surface area contributed by atoms with E-state index in [-0.39, 0.29) is 17.9 Å². The summed E-state index contributed by atoms with van der Waals surface area (Å²) in [7, 11) is 0. The van der Waals surface area contributed by atoms with E-state index in [0.29, 0.717) is 16.6 Å². The maximum Gasteiger partial charge on any atom is 0.264 e. The van der Waals surface area contributed by atoms with Crippen molar-refractivity contribution in [1.82, 2.24) is 4.98 Å². The van der Waals surface area contributed by atoms with Gasteiger partial charge >= 0.3 is 0 Å². The van der Waals surface area contributed by atoms with Gasteiger partial charge in [-0.1, -0.05) is 32.9 Å². The van der Waals surface area contributed by atoms with Crippen LogP contribution in [0.15, 0.2) is 29.6 Å². The van der Waals surface area contributed by atoms with Crippen LogP contribution in [0.3, 0.4) is 0 Å². The fourth-order valence-corrected chi connectivity index (χ4v) is 2.54. The van der Waals surface area contributed by atoms with E-state index >= 15 is 0 Å². The lowest BCUT2D eigenvalue weighted by molar-refractivity contribution is -0.118. The second kappa shape index (κ2) is 6.13. The second-order valence-electron chi connectivity index (χ2n) is 5.66. The van der Waals surface area contributed by atoms with Crippen molar-refractivity contribution >= 4 is 28.1 Å². The zero-order valence-electron chi connectivity index (χ0n) is 12.3. The number of nitrogens with zero attached hydrogens (tertiary/aromatic N) is 1. The summed E-state index contributed by atoms with van der Waals surface area (Å²) in [6.07, 6.45) is 0. The maximum absolute atomic E-state index is 11.8. The molecule has 0 fully saturated rings. The number of nitrogens with two attached hydrogens (primary N) is 1. The van der Waals surface area contributed by atoms with Gasteiger partial charge in [-0.2, -0.15) is 0 Å². The van der Waals surface area contributed by atoms with Gasteiger partial charge in [0.15, 0.2) is 11.7 Å². The zero-order valence-corrected chi connectivity index (χ0v) is 13.2. The van der Waals surface area contributed by atoms with Crippen LogP contribution in [0.5, 0.6) is 5.75 Å². The van der Waals surface area contributed by atoms with Crippen LogP contribution in [0.2, 0.25) is 0 Å². The molecule has 0 atom stereocenters. The van der Waals surface area contributed by atoms with Crippen LogP contribution < -0.4 is 15.8 Å². The number of hydrogen-bond acceptors (Lipinski definition) is 5. The van der Waals surface area contributed by atoms with Crippen molar-refractivity contribution in [2.75, 3.05) is 17.7 Å². The average Bonchev–Trinajstić information content (AvgIpc) is 2.86. The predicted molar refractivity (Wildman–Crippen MR) is 85.8 cm³/mol. The first kappa shape index (κ1) is 15.3. The smallest absolute Gasteiger partial charge is 0.264 e. The lowest BCUT2D eigenvalue weighted by atomic mass is 9.93. The average molecular weight is 305 g/mol. The van der Waals surface area contributed by atoms with E-state index in [1.165, 1.54) is 11.3 Å². The Bertz CT molecular complexity index is 632. The molecule has 0 aliphatic carbocycles. The minimum absolute atomic E-state index is 0.0333. The molecule has 0 aliphatic heterocycles. The molecule has 0 spiro atoms. The Hall–Kier alpha value is -2.08. The maximum atomic E-state index is 11.8. The second-order valence-corrected chi connectivity index (χ2v) is 6.52. The summed E-state index contributed by atoms with van der Waals surface area (Å²) in [5.41, 5.74) is 7.17. The normalized spacial score (nSPS) is 11.2. The molecule has 0 aliphatic rings. The SMILES string of the molecule is CC(C)(C)c1csc(NC(=O)COc2ccccc2N)n1. The summed E-state index contributed by atoms with van der Waals surface area (Å²) < 4.78 is 5.38. The number of para-hydroxylation sites is 2. The van der Waals surface area contributed by atoms with Crippen molar-refractivity contribution in [2.24, 2.45) is 0 Å². The summed E-state index contributed by atoms with van der Waals surface area (Å²) >= 11 is 1.41. The minimum Gasteiger partial charge on any atom is -0.482 e. The number of thiazole rings is 1. The van der Waals surface area contributed by atoms with Gasteiger partial charge in [0.1, 0.15) is 5.75 Å². The fraction of sp³-hybridized carbons (Fsp3) is 0.333. The van der Waals surface area contributed by atoms with Gasteiger partial charge in [0.05, 0.1) is 11.4 Å². The number of hydrogen-bond donors (Lipinski definition) is 2. The van der Waals surface area contributed by atoms with Crippen LogP contribution in [0, 0.1) is 0 Å². The molecule has 5 nitrogen and oxygen atoms in total. The largest absolute Gasteiger partial charge is 0.482 e. The first-order chi connectivity index (χ1) is 9.86. The molecular weight excluding hydrogens is 286 g/mol. The van der Waals surface area contributed by atoms with E-state index in [9.17, 15) is 4.79 Å². The van der Waals surface area contributed by atoms with Crippen LogP contribution >= 0.6 is 11.3 Å². The Labute approximate surface area is 128 Å². The minimum atomic E-state index is -0.256. The molecule has 21 heavy (non-hydrogen) atoms. The highest BCUT2D eigenvalue weighted by Gasteiger charge is 2.18. The van der Waals surface area contributed by atoms with Crippen LogP contribution in [-0.2, 0) is 10.2 Å². The van der Waals surface area contributed by atoms with E-state index in [0.717, 1.165) is 5.69 Å². The van der Waals surface area contributed by atoms with Gasteiger partial charge in [-0.3, -0.25) is 10.1 Å². The van der Waals surface area contributed by atoms with Crippen molar-refractivity contribution in [1.29, 1.82) is 0 Å². The van der Waals surface area contributed by atoms with E-state index in [1.807, 2.05) is 11.4 Å². The van der Waals surface area contributed by atoms with E-state index in [4.69, 9.17) is 10.5 Å². The van der Waals surface area contributed by atoms with Gasteiger partial charge in [0.25, 0.3) is 5.91 Å². The van der Waals surface area contributed by atoms with Gasteiger partial charge in [0, 0.05) is 10.8 Å². The standard InChI is InChI=1S/C15H19N3O2S/c1-15(2,3)12-9-21-14(17-12)18-13(19)8-20-11-7-5-4-6-10(11)16/h4-7,9H,8,16H2,1-3H3,(H,17,18,19). The lowest BCUT2D eigenvalue weighted by Gasteiger charge is -2.14. The Morgan fingerprint density at radius 3 is 2.71 bits per heavy atom. The quantitative estimate of drug-likeness (QED) is 0.851. The Kier molecular flexibility index (Phi) is 4.47. The Balaban J connectivity index is 1.90. The molecule has 0 bridgehead atoms. The molecule has 0 saturated carbocycles. The Morgan fingerprint density at radius 2 is 2.10 bits per heavy atom. The molecule has 2 rings (SSSR count). The molecular formula is C15H19N3O2S. The molecule has 0 saturated heterocycles. The molecule has 1 amide bonds. The third kappa shape index (κ3) is 4.19. The summed E-state index contributed by atoms with van der Waals surface area (Å²) in [6, 6.07) is 7.07. The monoisotopic (exact) mass is 305 g/mol. The molecule has 0 radical (unpaired) electrons.